The van der Waals surface area contributed by atoms with Crippen molar-refractivity contribution in [1.82, 2.24) is 0 Å². The van der Waals surface area contributed by atoms with Crippen molar-refractivity contribution in [1.29, 1.82) is 0 Å². The van der Waals surface area contributed by atoms with Crippen LogP contribution in [0.2, 0.25) is 0 Å². The van der Waals surface area contributed by atoms with Gasteiger partial charge in [0.05, 0.1) is 0 Å². The van der Waals surface area contributed by atoms with Gasteiger partial charge in [0.25, 0.3) is 0 Å². The molecule has 2 nitrogen and oxygen atoms in total. The third-order valence-corrected chi connectivity index (χ3v) is 3.64. The van der Waals surface area contributed by atoms with Crippen LogP contribution in [-0.4, -0.2) is 18.5 Å². The molecular formula is C15H28O2. The molecule has 0 aromatic rings. The van der Waals surface area contributed by atoms with Crippen LogP contribution in [0.25, 0.3) is 0 Å². The summed E-state index contributed by atoms with van der Waals surface area (Å²) in [5, 5.41) is 0. The fraction of sp³-hybridized carbons (Fsp3) is 0.933. The summed E-state index contributed by atoms with van der Waals surface area (Å²) in [4.78, 5) is 12.1. The van der Waals surface area contributed by atoms with E-state index in [1.165, 1.54) is 38.5 Å². The maximum absolute atomic E-state index is 12.1. The molecular weight excluding hydrogens is 212 g/mol. The Balaban J connectivity index is 2.55. The van der Waals surface area contributed by atoms with Gasteiger partial charge in [-0.05, 0) is 31.6 Å². The first-order valence-electron chi connectivity index (χ1n) is 7.43. The average molecular weight is 240 g/mol. The van der Waals surface area contributed by atoms with Crippen LogP contribution in [0.4, 0.5) is 0 Å². The third-order valence-electron chi connectivity index (χ3n) is 3.64. The van der Waals surface area contributed by atoms with Crippen molar-refractivity contribution in [3.05, 3.63) is 0 Å². The lowest BCUT2D eigenvalue weighted by molar-refractivity contribution is -0.134. The van der Waals surface area contributed by atoms with Crippen molar-refractivity contribution in [3.63, 3.8) is 0 Å². The van der Waals surface area contributed by atoms with Crippen LogP contribution in [0.15, 0.2) is 0 Å². The Labute approximate surface area is 106 Å². The van der Waals surface area contributed by atoms with E-state index in [0.29, 0.717) is 18.1 Å². The van der Waals surface area contributed by atoms with E-state index < -0.39 is 0 Å². The first-order valence-corrected chi connectivity index (χ1v) is 7.43. The van der Waals surface area contributed by atoms with Gasteiger partial charge in [-0.1, -0.05) is 39.5 Å². The number of Topliss-reactive ketones (excluding diaryl/α,β-unsaturated/α-hetero) is 1. The van der Waals surface area contributed by atoms with Gasteiger partial charge in [-0.25, -0.2) is 0 Å². The van der Waals surface area contributed by atoms with E-state index in [0.717, 1.165) is 19.4 Å². The zero-order chi connectivity index (χ0) is 12.5. The summed E-state index contributed by atoms with van der Waals surface area (Å²) in [6.45, 7) is 4.91. The molecule has 1 saturated carbocycles. The van der Waals surface area contributed by atoms with E-state index in [1.54, 1.807) is 0 Å². The molecule has 0 aliphatic heterocycles. The van der Waals surface area contributed by atoms with E-state index in [4.69, 9.17) is 4.74 Å². The lowest BCUT2D eigenvalue weighted by atomic mass is 9.90. The molecule has 1 aliphatic rings. The molecule has 100 valence electrons. The Kier molecular flexibility index (Phi) is 7.50. The van der Waals surface area contributed by atoms with Gasteiger partial charge in [-0.15, -0.1) is 0 Å². The Morgan fingerprint density at radius 2 is 1.76 bits per heavy atom. The van der Waals surface area contributed by atoms with Gasteiger partial charge in [0.1, 0.15) is 6.10 Å². The summed E-state index contributed by atoms with van der Waals surface area (Å²) >= 11 is 0. The molecule has 0 amide bonds. The molecule has 2 heteroatoms. The Hall–Kier alpha value is -0.370. The zero-order valence-electron chi connectivity index (χ0n) is 11.5. The first-order chi connectivity index (χ1) is 8.29. The minimum absolute atomic E-state index is 0.104. The fourth-order valence-corrected chi connectivity index (χ4v) is 2.74. The highest BCUT2D eigenvalue weighted by Gasteiger charge is 2.28. The van der Waals surface area contributed by atoms with Crippen LogP contribution in [0.5, 0.6) is 0 Å². The van der Waals surface area contributed by atoms with Crippen LogP contribution in [-0.2, 0) is 9.53 Å². The molecule has 0 heterocycles. The van der Waals surface area contributed by atoms with Gasteiger partial charge in [0.15, 0.2) is 5.78 Å². The van der Waals surface area contributed by atoms with Crippen LogP contribution in [0.3, 0.4) is 0 Å². The molecule has 0 aromatic heterocycles. The Bertz CT molecular complexity index is 205. The van der Waals surface area contributed by atoms with E-state index in [2.05, 4.69) is 13.8 Å². The SMILES string of the molecule is CCCOC(C(=O)CCC)C1CCCCCC1. The minimum atomic E-state index is -0.104. The van der Waals surface area contributed by atoms with Crippen LogP contribution in [0.1, 0.15) is 71.6 Å². The quantitative estimate of drug-likeness (QED) is 0.626. The summed E-state index contributed by atoms with van der Waals surface area (Å²) in [6.07, 6.45) is 10.1. The van der Waals surface area contributed by atoms with Crippen molar-refractivity contribution in [2.75, 3.05) is 6.61 Å². The standard InChI is InChI=1S/C15H28O2/c1-3-9-14(16)15(17-12-4-2)13-10-7-5-6-8-11-13/h13,15H,3-12H2,1-2H3. The molecule has 0 aromatic carbocycles. The maximum Gasteiger partial charge on any atom is 0.161 e. The first kappa shape index (κ1) is 14.7. The Morgan fingerprint density at radius 3 is 2.29 bits per heavy atom. The topological polar surface area (TPSA) is 26.3 Å². The molecule has 1 aliphatic carbocycles. The van der Waals surface area contributed by atoms with Crippen molar-refractivity contribution < 1.29 is 9.53 Å². The van der Waals surface area contributed by atoms with Gasteiger partial charge in [-0.2, -0.15) is 0 Å². The number of hydrogen-bond donors (Lipinski definition) is 0. The second kappa shape index (κ2) is 8.68. The van der Waals surface area contributed by atoms with Crippen molar-refractivity contribution in [2.45, 2.75) is 77.7 Å². The zero-order valence-corrected chi connectivity index (χ0v) is 11.5. The molecule has 0 N–H and O–H groups in total. The third kappa shape index (κ3) is 5.20. The molecule has 0 bridgehead atoms. The van der Waals surface area contributed by atoms with E-state index in [9.17, 15) is 4.79 Å². The van der Waals surface area contributed by atoms with Crippen LogP contribution < -0.4 is 0 Å². The Morgan fingerprint density at radius 1 is 1.12 bits per heavy atom. The summed E-state index contributed by atoms with van der Waals surface area (Å²) in [5.74, 6) is 0.830. The molecule has 17 heavy (non-hydrogen) atoms. The van der Waals surface area contributed by atoms with Crippen LogP contribution in [0, 0.1) is 5.92 Å². The molecule has 1 rings (SSSR count). The second-order valence-corrected chi connectivity index (χ2v) is 5.26. The van der Waals surface area contributed by atoms with Crippen LogP contribution >= 0.6 is 0 Å². The van der Waals surface area contributed by atoms with E-state index in [1.807, 2.05) is 0 Å². The van der Waals surface area contributed by atoms with Gasteiger partial charge >= 0.3 is 0 Å². The van der Waals surface area contributed by atoms with Crippen molar-refractivity contribution in [2.24, 2.45) is 5.92 Å². The monoisotopic (exact) mass is 240 g/mol. The summed E-state index contributed by atoms with van der Waals surface area (Å²) in [6, 6.07) is 0. The maximum atomic E-state index is 12.1. The lowest BCUT2D eigenvalue weighted by Crippen LogP contribution is -2.32. The smallest absolute Gasteiger partial charge is 0.161 e. The molecule has 1 atom stereocenters. The lowest BCUT2D eigenvalue weighted by Gasteiger charge is -2.25. The van der Waals surface area contributed by atoms with E-state index >= 15 is 0 Å². The largest absolute Gasteiger partial charge is 0.370 e. The number of carbonyl (C=O) groups is 1. The van der Waals surface area contributed by atoms with Crippen molar-refractivity contribution in [3.8, 4) is 0 Å². The van der Waals surface area contributed by atoms with E-state index in [-0.39, 0.29) is 6.10 Å². The summed E-state index contributed by atoms with van der Waals surface area (Å²) in [5.41, 5.74) is 0. The molecule has 1 unspecified atom stereocenters. The average Bonchev–Trinajstić information content (AvgIpc) is 2.59. The van der Waals surface area contributed by atoms with Gasteiger partial charge in [0, 0.05) is 13.0 Å². The molecule has 1 fully saturated rings. The highest BCUT2D eigenvalue weighted by molar-refractivity contribution is 5.83. The number of rotatable bonds is 7. The van der Waals surface area contributed by atoms with Gasteiger partial charge in [-0.3, -0.25) is 4.79 Å². The van der Waals surface area contributed by atoms with Gasteiger partial charge < -0.3 is 4.74 Å². The number of carbonyl (C=O) groups excluding carboxylic acids is 1. The molecule has 0 spiro atoms. The van der Waals surface area contributed by atoms with Crippen molar-refractivity contribution >= 4 is 5.78 Å². The summed E-state index contributed by atoms with van der Waals surface area (Å²) < 4.78 is 5.85. The fourth-order valence-electron chi connectivity index (χ4n) is 2.74. The number of ether oxygens (including phenoxy) is 1. The second-order valence-electron chi connectivity index (χ2n) is 5.26. The number of ketones is 1. The minimum Gasteiger partial charge on any atom is -0.370 e. The molecule has 0 radical (unpaired) electrons. The predicted molar refractivity (Wildman–Crippen MR) is 71.1 cm³/mol. The summed E-state index contributed by atoms with van der Waals surface area (Å²) in [7, 11) is 0. The molecule has 0 saturated heterocycles. The predicted octanol–water partition coefficient (Wildman–Crippen LogP) is 4.12. The number of hydrogen-bond acceptors (Lipinski definition) is 2. The van der Waals surface area contributed by atoms with Gasteiger partial charge in [0.2, 0.25) is 0 Å². The highest BCUT2D eigenvalue weighted by atomic mass is 16.5. The normalized spacial score (nSPS) is 19.9. The highest BCUT2D eigenvalue weighted by Crippen LogP contribution is 2.28.